The minimum atomic E-state index is -3.14. The summed E-state index contributed by atoms with van der Waals surface area (Å²) in [5.41, 5.74) is 3.04. The zero-order valence-electron chi connectivity index (χ0n) is 15.4. The van der Waals surface area contributed by atoms with Gasteiger partial charge in [0.15, 0.2) is 9.84 Å². The van der Waals surface area contributed by atoms with E-state index in [1.165, 1.54) is 11.3 Å². The molecule has 1 N–H and O–H groups in total. The molecule has 0 saturated carbocycles. The first-order chi connectivity index (χ1) is 13.5. The number of benzene rings is 1. The molecule has 9 heteroatoms. The van der Waals surface area contributed by atoms with Gasteiger partial charge in [-0.1, -0.05) is 6.07 Å². The molecule has 3 heterocycles. The SMILES string of the molecule is O=C(NC1CS(=O)(=O)CC1N1CCCC1)c1cccc(OCc2cscn2)c1. The van der Waals surface area contributed by atoms with E-state index in [9.17, 15) is 13.2 Å². The van der Waals surface area contributed by atoms with Crippen LogP contribution in [0.1, 0.15) is 28.9 Å². The highest BCUT2D eigenvalue weighted by atomic mass is 32.2. The Balaban J connectivity index is 1.43. The maximum Gasteiger partial charge on any atom is 0.251 e. The largest absolute Gasteiger partial charge is 0.487 e. The Morgan fingerprint density at radius 2 is 2.11 bits per heavy atom. The summed E-state index contributed by atoms with van der Waals surface area (Å²) in [5.74, 6) is 0.426. The topological polar surface area (TPSA) is 88.6 Å². The highest BCUT2D eigenvalue weighted by molar-refractivity contribution is 7.91. The van der Waals surface area contributed by atoms with Crippen molar-refractivity contribution >= 4 is 27.1 Å². The first kappa shape index (κ1) is 19.4. The van der Waals surface area contributed by atoms with Gasteiger partial charge in [-0.3, -0.25) is 9.69 Å². The van der Waals surface area contributed by atoms with Crippen molar-refractivity contribution in [3.63, 3.8) is 0 Å². The van der Waals surface area contributed by atoms with Crippen LogP contribution in [0.5, 0.6) is 5.75 Å². The molecule has 1 aromatic heterocycles. The Labute approximate surface area is 168 Å². The number of ether oxygens (including phenoxy) is 1. The molecule has 28 heavy (non-hydrogen) atoms. The first-order valence-corrected chi connectivity index (χ1v) is 12.1. The molecule has 0 aliphatic carbocycles. The maximum atomic E-state index is 12.8. The van der Waals surface area contributed by atoms with Crippen LogP contribution >= 0.6 is 11.3 Å². The van der Waals surface area contributed by atoms with E-state index in [1.54, 1.807) is 29.8 Å². The number of amides is 1. The molecule has 1 amide bonds. The molecule has 2 aliphatic rings. The van der Waals surface area contributed by atoms with Crippen LogP contribution in [0, 0.1) is 0 Å². The van der Waals surface area contributed by atoms with Crippen molar-refractivity contribution in [2.75, 3.05) is 24.6 Å². The van der Waals surface area contributed by atoms with Crippen molar-refractivity contribution in [1.82, 2.24) is 15.2 Å². The predicted octanol–water partition coefficient (Wildman–Crippen LogP) is 1.71. The summed E-state index contributed by atoms with van der Waals surface area (Å²) in [7, 11) is -3.14. The third kappa shape index (κ3) is 4.53. The fourth-order valence-electron chi connectivity index (χ4n) is 3.84. The molecule has 2 fully saturated rings. The third-order valence-corrected chi connectivity index (χ3v) is 7.57. The van der Waals surface area contributed by atoms with Gasteiger partial charge in [-0.15, -0.1) is 11.3 Å². The number of carbonyl (C=O) groups is 1. The normalized spacial score (nSPS) is 24.3. The van der Waals surface area contributed by atoms with Crippen molar-refractivity contribution in [3.05, 3.63) is 46.4 Å². The average molecular weight is 422 g/mol. The summed E-state index contributed by atoms with van der Waals surface area (Å²) in [5, 5.41) is 4.86. The van der Waals surface area contributed by atoms with Gasteiger partial charge in [-0.05, 0) is 44.1 Å². The van der Waals surface area contributed by atoms with Crippen LogP contribution in [0.15, 0.2) is 35.2 Å². The van der Waals surface area contributed by atoms with Crippen LogP contribution in [-0.2, 0) is 16.4 Å². The van der Waals surface area contributed by atoms with Crippen LogP contribution in [0.3, 0.4) is 0 Å². The Morgan fingerprint density at radius 1 is 1.29 bits per heavy atom. The van der Waals surface area contributed by atoms with Crippen molar-refractivity contribution in [3.8, 4) is 5.75 Å². The number of aromatic nitrogens is 1. The molecule has 0 spiro atoms. The number of hydrogen-bond donors (Lipinski definition) is 1. The summed E-state index contributed by atoms with van der Waals surface area (Å²) >= 11 is 1.50. The van der Waals surface area contributed by atoms with Gasteiger partial charge in [-0.2, -0.15) is 0 Å². The molecule has 150 valence electrons. The van der Waals surface area contributed by atoms with Gasteiger partial charge >= 0.3 is 0 Å². The molecular formula is C19H23N3O4S2. The van der Waals surface area contributed by atoms with Crippen molar-refractivity contribution < 1.29 is 17.9 Å². The molecule has 2 saturated heterocycles. The van der Waals surface area contributed by atoms with Crippen molar-refractivity contribution in [2.45, 2.75) is 31.5 Å². The Hall–Kier alpha value is -1.97. The molecule has 2 aromatic rings. The molecule has 2 atom stereocenters. The van der Waals surface area contributed by atoms with E-state index in [-0.39, 0.29) is 29.5 Å². The highest BCUT2D eigenvalue weighted by Gasteiger charge is 2.42. The first-order valence-electron chi connectivity index (χ1n) is 9.35. The lowest BCUT2D eigenvalue weighted by Gasteiger charge is -2.28. The Kier molecular flexibility index (Phi) is 5.65. The van der Waals surface area contributed by atoms with E-state index >= 15 is 0 Å². The van der Waals surface area contributed by atoms with Crippen LogP contribution in [0.4, 0.5) is 0 Å². The van der Waals surface area contributed by atoms with Gasteiger partial charge in [0.25, 0.3) is 5.91 Å². The van der Waals surface area contributed by atoms with E-state index in [2.05, 4.69) is 15.2 Å². The summed E-state index contributed by atoms with van der Waals surface area (Å²) < 4.78 is 30.1. The Morgan fingerprint density at radius 3 is 2.86 bits per heavy atom. The predicted molar refractivity (Wildman–Crippen MR) is 107 cm³/mol. The summed E-state index contributed by atoms with van der Waals surface area (Å²) in [4.78, 5) is 19.1. The van der Waals surface area contributed by atoms with E-state index < -0.39 is 9.84 Å². The van der Waals surface area contributed by atoms with E-state index in [4.69, 9.17) is 4.74 Å². The number of hydrogen-bond acceptors (Lipinski definition) is 7. The second-order valence-electron chi connectivity index (χ2n) is 7.26. The number of nitrogens with zero attached hydrogens (tertiary/aromatic N) is 2. The molecule has 4 rings (SSSR count). The van der Waals surface area contributed by atoms with Crippen molar-refractivity contribution in [1.29, 1.82) is 0 Å². The van der Waals surface area contributed by atoms with Gasteiger partial charge in [-0.25, -0.2) is 13.4 Å². The summed E-state index contributed by atoms with van der Waals surface area (Å²) in [6.07, 6.45) is 2.16. The molecule has 0 bridgehead atoms. The quantitative estimate of drug-likeness (QED) is 0.764. The number of nitrogens with one attached hydrogen (secondary N) is 1. The minimum absolute atomic E-state index is 0.0000765. The van der Waals surface area contributed by atoms with Gasteiger partial charge in [0.1, 0.15) is 12.4 Å². The number of carbonyl (C=O) groups excluding carboxylic acids is 1. The minimum Gasteiger partial charge on any atom is -0.487 e. The molecular weight excluding hydrogens is 398 g/mol. The van der Waals surface area contributed by atoms with E-state index in [0.29, 0.717) is 17.9 Å². The van der Waals surface area contributed by atoms with Crippen LogP contribution in [0.25, 0.3) is 0 Å². The Bertz CT molecular complexity index is 924. The molecule has 2 aliphatic heterocycles. The molecule has 7 nitrogen and oxygen atoms in total. The van der Waals surface area contributed by atoms with E-state index in [0.717, 1.165) is 31.6 Å². The summed E-state index contributed by atoms with van der Waals surface area (Å²) in [6, 6.07) is 6.41. The molecule has 1 aromatic carbocycles. The lowest BCUT2D eigenvalue weighted by Crippen LogP contribution is -2.50. The number of sulfone groups is 1. The van der Waals surface area contributed by atoms with Crippen molar-refractivity contribution in [2.24, 2.45) is 0 Å². The standard InChI is InChI=1S/C19H23N3O4S2/c23-19(14-4-3-5-16(8-14)26-9-15-10-27-13-20-15)21-17-11-28(24,25)12-18(17)22-6-1-2-7-22/h3-5,8,10,13,17-18H,1-2,6-7,9,11-12H2,(H,21,23). The zero-order valence-corrected chi connectivity index (χ0v) is 17.0. The fraction of sp³-hybridized carbons (Fsp3) is 0.474. The van der Waals surface area contributed by atoms with Gasteiger partial charge in [0.2, 0.25) is 0 Å². The smallest absolute Gasteiger partial charge is 0.251 e. The highest BCUT2D eigenvalue weighted by Crippen LogP contribution is 2.23. The second kappa shape index (κ2) is 8.18. The molecule has 2 unspecified atom stereocenters. The van der Waals surface area contributed by atoms with Gasteiger partial charge in [0.05, 0.1) is 28.8 Å². The average Bonchev–Trinajstić information content (AvgIpc) is 3.41. The van der Waals surface area contributed by atoms with E-state index in [1.807, 2.05) is 5.38 Å². The lowest BCUT2D eigenvalue weighted by atomic mass is 10.1. The maximum absolute atomic E-state index is 12.8. The van der Waals surface area contributed by atoms with Crippen LogP contribution < -0.4 is 10.1 Å². The fourth-order valence-corrected chi connectivity index (χ4v) is 6.34. The number of thiazole rings is 1. The van der Waals surface area contributed by atoms with Crippen LogP contribution in [0.2, 0.25) is 0 Å². The van der Waals surface area contributed by atoms with Crippen LogP contribution in [-0.4, -0.2) is 60.9 Å². The molecule has 0 radical (unpaired) electrons. The number of likely N-dealkylation sites (tertiary alicyclic amines) is 1. The number of rotatable bonds is 6. The summed E-state index contributed by atoms with van der Waals surface area (Å²) in [6.45, 7) is 2.13. The monoisotopic (exact) mass is 421 g/mol. The third-order valence-electron chi connectivity index (χ3n) is 5.22. The lowest BCUT2D eigenvalue weighted by molar-refractivity contribution is 0.0918. The zero-order chi connectivity index (χ0) is 19.6. The van der Waals surface area contributed by atoms with Gasteiger partial charge in [0, 0.05) is 17.0 Å². The van der Waals surface area contributed by atoms with Gasteiger partial charge < -0.3 is 10.1 Å². The second-order valence-corrected chi connectivity index (χ2v) is 10.1.